The lowest BCUT2D eigenvalue weighted by Gasteiger charge is -2.26. The summed E-state index contributed by atoms with van der Waals surface area (Å²) in [5, 5.41) is 19.6. The zero-order chi connectivity index (χ0) is 20.0. The number of phenols is 1. The van der Waals surface area contributed by atoms with Gasteiger partial charge in [-0.1, -0.05) is 17.4 Å². The van der Waals surface area contributed by atoms with Crippen LogP contribution in [0.15, 0.2) is 36.7 Å². The number of piperidine rings is 2. The third kappa shape index (κ3) is 2.38. The lowest BCUT2D eigenvalue weighted by atomic mass is 10.1. The molecule has 3 aliphatic heterocycles. The monoisotopic (exact) mass is 435 g/mol. The van der Waals surface area contributed by atoms with E-state index in [1.54, 1.807) is 34.9 Å². The zero-order valence-corrected chi connectivity index (χ0v) is 18.1. The average molecular weight is 436 g/mol. The van der Waals surface area contributed by atoms with Gasteiger partial charge < -0.3 is 10.0 Å². The van der Waals surface area contributed by atoms with Crippen molar-refractivity contribution in [2.24, 2.45) is 0 Å². The van der Waals surface area contributed by atoms with Crippen LogP contribution in [0.4, 0.5) is 5.00 Å². The summed E-state index contributed by atoms with van der Waals surface area (Å²) in [5.41, 5.74) is 2.68. The summed E-state index contributed by atoms with van der Waals surface area (Å²) >= 11 is 3.43. The number of aromatic hydroxyl groups is 1. The van der Waals surface area contributed by atoms with E-state index in [9.17, 15) is 5.11 Å². The predicted octanol–water partition coefficient (Wildman–Crippen LogP) is 4.54. The normalized spacial score (nSPS) is 28.9. The SMILES string of the molecule is CN(c1cc2sc(-c3ccc(-c4cn[nH]c4)cc3O)nc2s1)C1C[C@H]2CC[C@H]3C1N23. The maximum atomic E-state index is 10.6. The molecule has 4 aromatic rings. The van der Waals surface area contributed by atoms with Crippen LogP contribution in [0, 0.1) is 0 Å². The Morgan fingerprint density at radius 2 is 2.13 bits per heavy atom. The molecule has 0 spiro atoms. The van der Waals surface area contributed by atoms with Crippen molar-refractivity contribution in [2.45, 2.75) is 43.4 Å². The third-order valence-electron chi connectivity index (χ3n) is 7.14. The topological polar surface area (TPSA) is 68.1 Å². The number of thiophene rings is 1. The van der Waals surface area contributed by atoms with Crippen LogP contribution in [0.1, 0.15) is 19.3 Å². The molecule has 6 nitrogen and oxygen atoms in total. The van der Waals surface area contributed by atoms with E-state index in [-0.39, 0.29) is 5.75 Å². The minimum Gasteiger partial charge on any atom is -0.507 e. The molecule has 0 bridgehead atoms. The largest absolute Gasteiger partial charge is 0.507 e. The molecule has 5 atom stereocenters. The van der Waals surface area contributed by atoms with Crippen LogP contribution < -0.4 is 4.90 Å². The number of aromatic amines is 1. The fraction of sp³-hybridized carbons (Fsp3) is 0.364. The number of fused-ring (bicyclic) bond motifs is 2. The summed E-state index contributed by atoms with van der Waals surface area (Å²) in [7, 11) is 2.25. The van der Waals surface area contributed by atoms with Gasteiger partial charge in [0.1, 0.15) is 15.6 Å². The van der Waals surface area contributed by atoms with Crippen LogP contribution in [0.5, 0.6) is 5.75 Å². The van der Waals surface area contributed by atoms with E-state index in [1.807, 2.05) is 18.3 Å². The number of aromatic nitrogens is 3. The smallest absolute Gasteiger partial charge is 0.137 e. The number of rotatable bonds is 4. The lowest BCUT2D eigenvalue weighted by Crippen LogP contribution is -2.35. The van der Waals surface area contributed by atoms with Crippen LogP contribution in [0.2, 0.25) is 0 Å². The second kappa shape index (κ2) is 6.06. The van der Waals surface area contributed by atoms with Gasteiger partial charge in [-0.3, -0.25) is 10.00 Å². The first-order chi connectivity index (χ1) is 14.7. The molecule has 8 heteroatoms. The highest BCUT2D eigenvalue weighted by Crippen LogP contribution is 2.54. The Kier molecular flexibility index (Phi) is 3.49. The molecule has 3 aromatic heterocycles. The summed E-state index contributed by atoms with van der Waals surface area (Å²) in [5.74, 6) is 0.253. The van der Waals surface area contributed by atoms with Gasteiger partial charge in [0.05, 0.1) is 21.5 Å². The summed E-state index contributed by atoms with van der Waals surface area (Å²) in [4.78, 5) is 11.2. The zero-order valence-electron chi connectivity index (χ0n) is 16.4. The number of thiazole rings is 1. The van der Waals surface area contributed by atoms with E-state index in [2.05, 4.69) is 33.1 Å². The van der Waals surface area contributed by atoms with Gasteiger partial charge in [0.2, 0.25) is 0 Å². The van der Waals surface area contributed by atoms with Crippen LogP contribution in [-0.2, 0) is 0 Å². The fourth-order valence-electron chi connectivity index (χ4n) is 5.64. The molecular formula is C22H21N5OS2. The molecule has 30 heavy (non-hydrogen) atoms. The van der Waals surface area contributed by atoms with E-state index in [0.717, 1.165) is 44.7 Å². The van der Waals surface area contributed by atoms with Crippen LogP contribution in [0.25, 0.3) is 31.2 Å². The molecule has 7 rings (SSSR count). The van der Waals surface area contributed by atoms with E-state index in [4.69, 9.17) is 4.98 Å². The van der Waals surface area contributed by atoms with Gasteiger partial charge in [0.15, 0.2) is 0 Å². The van der Waals surface area contributed by atoms with Gasteiger partial charge in [0.25, 0.3) is 0 Å². The summed E-state index contributed by atoms with van der Waals surface area (Å²) < 4.78 is 1.20. The highest BCUT2D eigenvalue weighted by atomic mass is 32.1. The third-order valence-corrected chi connectivity index (χ3v) is 9.42. The predicted molar refractivity (Wildman–Crippen MR) is 121 cm³/mol. The molecule has 152 valence electrons. The van der Waals surface area contributed by atoms with Gasteiger partial charge in [-0.2, -0.15) is 5.10 Å². The van der Waals surface area contributed by atoms with Gasteiger partial charge >= 0.3 is 0 Å². The minimum atomic E-state index is 0.253. The van der Waals surface area contributed by atoms with E-state index in [0.29, 0.717) is 6.04 Å². The van der Waals surface area contributed by atoms with Gasteiger partial charge in [-0.15, -0.1) is 11.3 Å². The number of benzene rings is 1. The number of hydrogen-bond donors (Lipinski definition) is 2. The number of likely N-dealkylation sites (N-methyl/N-ethyl adjacent to an activating group) is 1. The molecular weight excluding hydrogens is 414 g/mol. The number of phenolic OH excluding ortho intramolecular Hbond substituents is 1. The Hall–Kier alpha value is -2.42. The van der Waals surface area contributed by atoms with Crippen LogP contribution in [-0.4, -0.2) is 56.4 Å². The van der Waals surface area contributed by atoms with Crippen LogP contribution >= 0.6 is 22.7 Å². The summed E-state index contributed by atoms with van der Waals surface area (Å²) in [6.45, 7) is 0. The number of nitrogens with zero attached hydrogens (tertiary/aromatic N) is 4. The van der Waals surface area contributed by atoms with Crippen molar-refractivity contribution in [3.63, 3.8) is 0 Å². The molecule has 0 radical (unpaired) electrons. The molecule has 0 aliphatic carbocycles. The number of hydrogen-bond acceptors (Lipinski definition) is 7. The van der Waals surface area contributed by atoms with Crippen molar-refractivity contribution < 1.29 is 5.11 Å². The number of H-pyrrole nitrogens is 1. The van der Waals surface area contributed by atoms with Crippen molar-refractivity contribution in [3.8, 4) is 27.4 Å². The Labute approximate surface area is 181 Å². The molecule has 2 N–H and O–H groups in total. The quantitative estimate of drug-likeness (QED) is 0.461. The molecule has 6 heterocycles. The van der Waals surface area contributed by atoms with Crippen LogP contribution in [0.3, 0.4) is 0 Å². The molecule has 1 aromatic carbocycles. The Bertz CT molecular complexity index is 1230. The van der Waals surface area contributed by atoms with Crippen molar-refractivity contribution in [1.29, 1.82) is 0 Å². The summed E-state index contributed by atoms with van der Waals surface area (Å²) in [6, 6.07) is 11.1. The van der Waals surface area contributed by atoms with Gasteiger partial charge in [-0.25, -0.2) is 4.98 Å². The Morgan fingerprint density at radius 3 is 2.87 bits per heavy atom. The lowest BCUT2D eigenvalue weighted by molar-refractivity contribution is 0.451. The highest BCUT2D eigenvalue weighted by molar-refractivity contribution is 7.30. The van der Waals surface area contributed by atoms with Crippen molar-refractivity contribution in [3.05, 3.63) is 36.7 Å². The molecule has 0 amide bonds. The Balaban J connectivity index is 1.17. The molecule has 3 saturated heterocycles. The molecule has 3 aliphatic rings. The first-order valence-corrected chi connectivity index (χ1v) is 12.0. The van der Waals surface area contributed by atoms with Gasteiger partial charge in [-0.05, 0) is 43.0 Å². The van der Waals surface area contributed by atoms with Gasteiger partial charge in [0, 0.05) is 43.0 Å². The van der Waals surface area contributed by atoms with E-state index < -0.39 is 0 Å². The second-order valence-electron chi connectivity index (χ2n) is 8.64. The van der Waals surface area contributed by atoms with Crippen molar-refractivity contribution >= 4 is 37.2 Å². The first-order valence-electron chi connectivity index (χ1n) is 10.4. The first kappa shape index (κ1) is 17.3. The van der Waals surface area contributed by atoms with E-state index in [1.165, 1.54) is 29.0 Å². The maximum absolute atomic E-state index is 10.6. The number of nitrogens with one attached hydrogen (secondary N) is 1. The fourth-order valence-corrected chi connectivity index (χ4v) is 7.91. The average Bonchev–Trinajstić information content (AvgIpc) is 3.33. The maximum Gasteiger partial charge on any atom is 0.137 e. The minimum absolute atomic E-state index is 0.253. The standard InChI is InChI=1S/C22H21N5OS2/c1-26(16-7-13-3-5-15-20(16)27(13)15)19-8-18-22(30-19)25-21(29-18)14-4-2-11(6-17(14)28)12-9-23-24-10-12/h2,4,6,8-10,13,15-16,20,28H,3,5,7H2,1H3,(H,23,24)/t13-,15+,16?,20?,27?/m1/s1. The summed E-state index contributed by atoms with van der Waals surface area (Å²) in [6.07, 6.45) is 7.66. The molecule has 3 fully saturated rings. The number of anilines is 1. The van der Waals surface area contributed by atoms with E-state index >= 15 is 0 Å². The van der Waals surface area contributed by atoms with Crippen molar-refractivity contribution in [2.75, 3.05) is 11.9 Å². The second-order valence-corrected chi connectivity index (χ2v) is 10.7. The Morgan fingerprint density at radius 1 is 1.20 bits per heavy atom. The highest BCUT2D eigenvalue weighted by Gasteiger charge is 2.64. The van der Waals surface area contributed by atoms with Crippen molar-refractivity contribution in [1.82, 2.24) is 20.1 Å². The molecule has 0 saturated carbocycles. The molecule has 3 unspecified atom stereocenters.